The van der Waals surface area contributed by atoms with Gasteiger partial charge in [-0.05, 0) is 75.9 Å². The van der Waals surface area contributed by atoms with Gasteiger partial charge in [-0.15, -0.1) is 0 Å². The molecule has 0 spiro atoms. The van der Waals surface area contributed by atoms with Crippen molar-refractivity contribution in [1.29, 1.82) is 0 Å². The molecule has 1 atom stereocenters. The highest BCUT2D eigenvalue weighted by Crippen LogP contribution is 2.15. The first-order valence-corrected chi connectivity index (χ1v) is 9.20. The Kier molecular flexibility index (Phi) is 7.52. The maximum Gasteiger partial charge on any atom is 0.260 e. The molecule has 0 aromatic heterocycles. The van der Waals surface area contributed by atoms with Crippen LogP contribution in [-0.2, 0) is 11.2 Å². The highest BCUT2D eigenvalue weighted by atomic mass is 16.5. The van der Waals surface area contributed by atoms with Gasteiger partial charge in [-0.25, -0.2) is 0 Å². The molecule has 0 unspecified atom stereocenters. The Hall–Kier alpha value is -2.49. The number of hydrogen-bond donors (Lipinski definition) is 1. The van der Waals surface area contributed by atoms with E-state index in [2.05, 4.69) is 17.4 Å². The Labute approximate surface area is 156 Å². The van der Waals surface area contributed by atoms with Crippen LogP contribution in [0.4, 0.5) is 0 Å². The van der Waals surface area contributed by atoms with Crippen LogP contribution in [0.2, 0.25) is 0 Å². The monoisotopic (exact) mass is 355 g/mol. The smallest absolute Gasteiger partial charge is 0.260 e. The van der Waals surface area contributed by atoms with Crippen molar-refractivity contribution in [3.63, 3.8) is 0 Å². The van der Waals surface area contributed by atoms with Gasteiger partial charge in [0, 0.05) is 6.54 Å². The fourth-order valence-corrected chi connectivity index (χ4v) is 2.60. The van der Waals surface area contributed by atoms with Crippen LogP contribution in [0, 0.1) is 6.92 Å². The zero-order chi connectivity index (χ0) is 18.9. The molecule has 0 bridgehead atoms. The van der Waals surface area contributed by atoms with Gasteiger partial charge in [-0.2, -0.15) is 0 Å². The van der Waals surface area contributed by atoms with Crippen molar-refractivity contribution >= 4 is 5.91 Å². The van der Waals surface area contributed by atoms with Crippen LogP contribution in [0.5, 0.6) is 11.5 Å². The van der Waals surface area contributed by atoms with Gasteiger partial charge < -0.3 is 14.8 Å². The van der Waals surface area contributed by atoms with E-state index in [4.69, 9.17) is 9.47 Å². The first-order chi connectivity index (χ1) is 12.4. The number of carbonyl (C=O) groups is 1. The lowest BCUT2D eigenvalue weighted by Gasteiger charge is -2.15. The molecule has 4 nitrogen and oxygen atoms in total. The summed E-state index contributed by atoms with van der Waals surface area (Å²) < 4.78 is 11.3. The summed E-state index contributed by atoms with van der Waals surface area (Å²) in [4.78, 5) is 12.1. The summed E-state index contributed by atoms with van der Waals surface area (Å²) in [5.41, 5.74) is 2.35. The van der Waals surface area contributed by atoms with E-state index in [1.54, 1.807) is 6.92 Å². The van der Waals surface area contributed by atoms with E-state index in [0.717, 1.165) is 29.9 Å². The van der Waals surface area contributed by atoms with E-state index in [9.17, 15) is 4.79 Å². The number of ether oxygens (including phenoxy) is 2. The third-order valence-electron chi connectivity index (χ3n) is 3.91. The second kappa shape index (κ2) is 9.85. The minimum absolute atomic E-state index is 0.0906. The molecule has 0 heterocycles. The maximum atomic E-state index is 12.1. The van der Waals surface area contributed by atoms with Crippen LogP contribution in [0.3, 0.4) is 0 Å². The lowest BCUT2D eigenvalue weighted by molar-refractivity contribution is -0.127. The third-order valence-corrected chi connectivity index (χ3v) is 3.91. The molecule has 0 radical (unpaired) electrons. The molecule has 2 rings (SSSR count). The van der Waals surface area contributed by atoms with Gasteiger partial charge in [-0.1, -0.05) is 24.3 Å². The number of rotatable bonds is 9. The summed E-state index contributed by atoms with van der Waals surface area (Å²) in [6.45, 7) is 8.43. The van der Waals surface area contributed by atoms with Gasteiger partial charge in [0.25, 0.3) is 5.91 Å². The summed E-state index contributed by atoms with van der Waals surface area (Å²) in [7, 11) is 0. The van der Waals surface area contributed by atoms with E-state index in [0.29, 0.717) is 6.54 Å². The summed E-state index contributed by atoms with van der Waals surface area (Å²) >= 11 is 0. The Morgan fingerprint density at radius 2 is 1.73 bits per heavy atom. The predicted molar refractivity (Wildman–Crippen MR) is 105 cm³/mol. The lowest BCUT2D eigenvalue weighted by Crippen LogP contribution is -2.36. The summed E-state index contributed by atoms with van der Waals surface area (Å²) in [5.74, 6) is 1.52. The van der Waals surface area contributed by atoms with E-state index < -0.39 is 6.10 Å². The molecule has 4 heteroatoms. The standard InChI is InChI=1S/C22H29NO3/c1-16(2)25-20-12-10-19(11-13-20)8-6-14-23-22(24)18(4)26-21-9-5-7-17(3)15-21/h5,7,9-13,15-16,18H,6,8,14H2,1-4H3,(H,23,24)/t18-/m1/s1. The second-order valence-corrected chi connectivity index (χ2v) is 6.78. The first-order valence-electron chi connectivity index (χ1n) is 9.20. The van der Waals surface area contributed by atoms with E-state index in [1.807, 2.05) is 57.2 Å². The van der Waals surface area contributed by atoms with Gasteiger partial charge in [0.05, 0.1) is 6.10 Å². The quantitative estimate of drug-likeness (QED) is 0.682. The van der Waals surface area contributed by atoms with Gasteiger partial charge >= 0.3 is 0 Å². The molecule has 140 valence electrons. The van der Waals surface area contributed by atoms with Gasteiger partial charge in [0.1, 0.15) is 11.5 Å². The minimum Gasteiger partial charge on any atom is -0.491 e. The highest BCUT2D eigenvalue weighted by Gasteiger charge is 2.13. The lowest BCUT2D eigenvalue weighted by atomic mass is 10.1. The number of nitrogens with one attached hydrogen (secondary N) is 1. The zero-order valence-corrected chi connectivity index (χ0v) is 16.1. The largest absolute Gasteiger partial charge is 0.491 e. The van der Waals surface area contributed by atoms with Gasteiger partial charge in [0.15, 0.2) is 6.10 Å². The number of amides is 1. The van der Waals surface area contributed by atoms with Gasteiger partial charge in [0.2, 0.25) is 0 Å². The van der Waals surface area contributed by atoms with Crippen molar-refractivity contribution in [2.45, 2.75) is 52.7 Å². The number of aryl methyl sites for hydroxylation is 2. The van der Waals surface area contributed by atoms with Crippen LogP contribution in [0.1, 0.15) is 38.3 Å². The Bertz CT molecular complexity index is 695. The summed E-state index contributed by atoms with van der Waals surface area (Å²) in [5, 5.41) is 2.94. The molecule has 2 aromatic carbocycles. The zero-order valence-electron chi connectivity index (χ0n) is 16.1. The topological polar surface area (TPSA) is 47.6 Å². The van der Waals surface area contributed by atoms with E-state index >= 15 is 0 Å². The van der Waals surface area contributed by atoms with Crippen LogP contribution in [0.25, 0.3) is 0 Å². The van der Waals surface area contributed by atoms with Crippen molar-refractivity contribution in [3.05, 3.63) is 59.7 Å². The average molecular weight is 355 g/mol. The van der Waals surface area contributed by atoms with Crippen LogP contribution in [0.15, 0.2) is 48.5 Å². The fourth-order valence-electron chi connectivity index (χ4n) is 2.60. The molecule has 1 N–H and O–H groups in total. The first kappa shape index (κ1) is 19.8. The number of hydrogen-bond acceptors (Lipinski definition) is 3. The van der Waals surface area contributed by atoms with Crippen LogP contribution < -0.4 is 14.8 Å². The third kappa shape index (κ3) is 6.79. The highest BCUT2D eigenvalue weighted by molar-refractivity contribution is 5.80. The minimum atomic E-state index is -0.510. The normalized spacial score (nSPS) is 11.9. The second-order valence-electron chi connectivity index (χ2n) is 6.78. The van der Waals surface area contributed by atoms with E-state index in [-0.39, 0.29) is 12.0 Å². The van der Waals surface area contributed by atoms with Crippen LogP contribution in [-0.4, -0.2) is 24.7 Å². The van der Waals surface area contributed by atoms with Crippen molar-refractivity contribution in [2.75, 3.05) is 6.54 Å². The molecular weight excluding hydrogens is 326 g/mol. The molecule has 0 saturated heterocycles. The fraction of sp³-hybridized carbons (Fsp3) is 0.409. The van der Waals surface area contributed by atoms with Crippen molar-refractivity contribution in [2.24, 2.45) is 0 Å². The SMILES string of the molecule is Cc1cccc(O[C@H](C)C(=O)NCCCc2ccc(OC(C)C)cc2)c1. The Balaban J connectivity index is 1.69. The molecule has 0 saturated carbocycles. The summed E-state index contributed by atoms with van der Waals surface area (Å²) in [6.07, 6.45) is 1.46. The molecule has 26 heavy (non-hydrogen) atoms. The molecule has 0 fully saturated rings. The number of benzene rings is 2. The Morgan fingerprint density at radius 3 is 2.38 bits per heavy atom. The summed E-state index contributed by atoms with van der Waals surface area (Å²) in [6, 6.07) is 15.8. The molecule has 1 amide bonds. The Morgan fingerprint density at radius 1 is 1.00 bits per heavy atom. The molecular formula is C22H29NO3. The van der Waals surface area contributed by atoms with Crippen molar-refractivity contribution in [3.8, 4) is 11.5 Å². The maximum absolute atomic E-state index is 12.1. The predicted octanol–water partition coefficient (Wildman–Crippen LogP) is 4.30. The number of carbonyl (C=O) groups excluding carboxylic acids is 1. The average Bonchev–Trinajstić information content (AvgIpc) is 2.59. The van der Waals surface area contributed by atoms with Crippen LogP contribution >= 0.6 is 0 Å². The molecule has 0 aliphatic carbocycles. The molecule has 0 aliphatic heterocycles. The van der Waals surface area contributed by atoms with Crippen molar-refractivity contribution < 1.29 is 14.3 Å². The van der Waals surface area contributed by atoms with Crippen molar-refractivity contribution in [1.82, 2.24) is 5.32 Å². The molecule has 0 aliphatic rings. The van der Waals surface area contributed by atoms with E-state index in [1.165, 1.54) is 5.56 Å². The van der Waals surface area contributed by atoms with Gasteiger partial charge in [-0.3, -0.25) is 4.79 Å². The molecule has 2 aromatic rings.